The lowest BCUT2D eigenvalue weighted by Crippen LogP contribution is -1.93. The zero-order valence-corrected chi connectivity index (χ0v) is 9.46. The molecule has 0 aromatic heterocycles. The molecule has 0 saturated carbocycles. The normalized spacial score (nSPS) is 8.36. The molecule has 3 nitrogen and oxygen atoms in total. The molecule has 0 amide bonds. The molecule has 0 atom stereocenters. The van der Waals surface area contributed by atoms with Crippen LogP contribution in [0.3, 0.4) is 0 Å². The van der Waals surface area contributed by atoms with Crippen molar-refractivity contribution in [3.63, 3.8) is 0 Å². The molecule has 80 valence electrons. The molecule has 1 aromatic carbocycles. The zero-order valence-electron chi connectivity index (χ0n) is 9.46. The van der Waals surface area contributed by atoms with Gasteiger partial charge in [-0.05, 0) is 12.1 Å². The number of methoxy groups -OCH3 is 3. The lowest BCUT2D eigenvalue weighted by atomic mass is 10.3. The summed E-state index contributed by atoms with van der Waals surface area (Å²) in [6.07, 6.45) is 0. The van der Waals surface area contributed by atoms with Crippen molar-refractivity contribution >= 4 is 0 Å². The second kappa shape index (κ2) is 7.06. The monoisotopic (exact) mass is 198 g/mol. The van der Waals surface area contributed by atoms with Gasteiger partial charge in [-0.1, -0.05) is 19.9 Å². The summed E-state index contributed by atoms with van der Waals surface area (Å²) in [7, 11) is 4.77. The van der Waals surface area contributed by atoms with Crippen LogP contribution in [0.5, 0.6) is 17.2 Å². The number of rotatable bonds is 3. The third-order valence-corrected chi connectivity index (χ3v) is 1.59. The molecule has 1 rings (SSSR count). The van der Waals surface area contributed by atoms with Crippen LogP contribution >= 0.6 is 0 Å². The van der Waals surface area contributed by atoms with E-state index in [9.17, 15) is 0 Å². The Morgan fingerprint density at radius 1 is 0.786 bits per heavy atom. The summed E-state index contributed by atoms with van der Waals surface area (Å²) >= 11 is 0. The number of benzene rings is 1. The Morgan fingerprint density at radius 3 is 1.50 bits per heavy atom. The van der Waals surface area contributed by atoms with Gasteiger partial charge in [0.25, 0.3) is 0 Å². The summed E-state index contributed by atoms with van der Waals surface area (Å²) < 4.78 is 15.3. The highest BCUT2D eigenvalue weighted by atomic mass is 16.5. The smallest absolute Gasteiger partial charge is 0.203 e. The molecule has 0 fully saturated rings. The summed E-state index contributed by atoms with van der Waals surface area (Å²) in [4.78, 5) is 0. The Bertz CT molecular complexity index is 236. The number of para-hydroxylation sites is 1. The lowest BCUT2D eigenvalue weighted by Gasteiger charge is -2.10. The van der Waals surface area contributed by atoms with Gasteiger partial charge < -0.3 is 14.2 Å². The first-order valence-corrected chi connectivity index (χ1v) is 4.58. The van der Waals surface area contributed by atoms with Gasteiger partial charge >= 0.3 is 0 Å². The minimum atomic E-state index is 0.627. The minimum Gasteiger partial charge on any atom is -0.493 e. The van der Waals surface area contributed by atoms with E-state index in [0.29, 0.717) is 17.2 Å². The Hall–Kier alpha value is -1.38. The van der Waals surface area contributed by atoms with Gasteiger partial charge in [0.2, 0.25) is 5.75 Å². The van der Waals surface area contributed by atoms with Crippen molar-refractivity contribution in [2.45, 2.75) is 13.8 Å². The van der Waals surface area contributed by atoms with Gasteiger partial charge in [0.05, 0.1) is 21.3 Å². The molecule has 0 N–H and O–H groups in total. The Kier molecular flexibility index (Phi) is 6.37. The van der Waals surface area contributed by atoms with E-state index < -0.39 is 0 Å². The molecule has 0 aliphatic carbocycles. The van der Waals surface area contributed by atoms with Crippen molar-refractivity contribution in [3.05, 3.63) is 18.2 Å². The maximum Gasteiger partial charge on any atom is 0.203 e. The van der Waals surface area contributed by atoms with E-state index in [1.807, 2.05) is 32.0 Å². The fourth-order valence-corrected chi connectivity index (χ4v) is 1.02. The largest absolute Gasteiger partial charge is 0.493 e. The molecule has 3 heteroatoms. The van der Waals surface area contributed by atoms with Gasteiger partial charge in [-0.25, -0.2) is 0 Å². The van der Waals surface area contributed by atoms with E-state index >= 15 is 0 Å². The third kappa shape index (κ3) is 2.83. The average Bonchev–Trinajstić information content (AvgIpc) is 2.30. The second-order valence-electron chi connectivity index (χ2n) is 2.20. The standard InChI is InChI=1S/C9H12O3.C2H6/c1-10-7-5-4-6-8(11-2)9(7)12-3;1-2/h4-6H,1-3H3;1-2H3. The molecule has 0 unspecified atom stereocenters. The quantitative estimate of drug-likeness (QED) is 0.747. The first kappa shape index (κ1) is 12.6. The zero-order chi connectivity index (χ0) is 11.0. The highest BCUT2D eigenvalue weighted by Crippen LogP contribution is 2.35. The number of hydrogen-bond acceptors (Lipinski definition) is 3. The minimum absolute atomic E-state index is 0.627. The van der Waals surface area contributed by atoms with Gasteiger partial charge in [-0.2, -0.15) is 0 Å². The van der Waals surface area contributed by atoms with Crippen LogP contribution in [0.2, 0.25) is 0 Å². The fourth-order valence-electron chi connectivity index (χ4n) is 1.02. The van der Waals surface area contributed by atoms with Crippen LogP contribution in [-0.4, -0.2) is 21.3 Å². The summed E-state index contributed by atoms with van der Waals surface area (Å²) in [6, 6.07) is 5.49. The Labute approximate surface area is 85.6 Å². The molecule has 0 aliphatic rings. The van der Waals surface area contributed by atoms with E-state index in [-0.39, 0.29) is 0 Å². The van der Waals surface area contributed by atoms with Gasteiger partial charge in [0, 0.05) is 0 Å². The van der Waals surface area contributed by atoms with Gasteiger partial charge in [0.15, 0.2) is 11.5 Å². The molecule has 0 heterocycles. The summed E-state index contributed by atoms with van der Waals surface area (Å²) in [5.74, 6) is 1.98. The highest BCUT2D eigenvalue weighted by molar-refractivity contribution is 5.50. The molecule has 0 saturated heterocycles. The molecule has 14 heavy (non-hydrogen) atoms. The fraction of sp³-hybridized carbons (Fsp3) is 0.455. The van der Waals surface area contributed by atoms with Crippen LogP contribution in [0.4, 0.5) is 0 Å². The van der Waals surface area contributed by atoms with E-state index in [1.54, 1.807) is 21.3 Å². The van der Waals surface area contributed by atoms with Crippen molar-refractivity contribution < 1.29 is 14.2 Å². The highest BCUT2D eigenvalue weighted by Gasteiger charge is 2.08. The maximum absolute atomic E-state index is 5.11. The molecular formula is C11H18O3. The van der Waals surface area contributed by atoms with Crippen LogP contribution in [0.25, 0.3) is 0 Å². The van der Waals surface area contributed by atoms with Crippen molar-refractivity contribution in [1.82, 2.24) is 0 Å². The van der Waals surface area contributed by atoms with Crippen molar-refractivity contribution in [2.24, 2.45) is 0 Å². The predicted octanol–water partition coefficient (Wildman–Crippen LogP) is 2.74. The van der Waals surface area contributed by atoms with E-state index in [4.69, 9.17) is 14.2 Å². The van der Waals surface area contributed by atoms with Crippen LogP contribution in [0.15, 0.2) is 18.2 Å². The van der Waals surface area contributed by atoms with Crippen LogP contribution in [-0.2, 0) is 0 Å². The van der Waals surface area contributed by atoms with Crippen molar-refractivity contribution in [2.75, 3.05) is 21.3 Å². The van der Waals surface area contributed by atoms with Gasteiger partial charge in [-0.15, -0.1) is 0 Å². The first-order valence-electron chi connectivity index (χ1n) is 4.58. The number of ether oxygens (including phenoxy) is 3. The average molecular weight is 198 g/mol. The topological polar surface area (TPSA) is 27.7 Å². The Morgan fingerprint density at radius 2 is 1.21 bits per heavy atom. The lowest BCUT2D eigenvalue weighted by molar-refractivity contribution is 0.324. The molecule has 0 aliphatic heterocycles. The van der Waals surface area contributed by atoms with Gasteiger partial charge in [-0.3, -0.25) is 0 Å². The van der Waals surface area contributed by atoms with E-state index in [2.05, 4.69) is 0 Å². The first-order chi connectivity index (χ1) is 6.83. The third-order valence-electron chi connectivity index (χ3n) is 1.59. The van der Waals surface area contributed by atoms with Crippen LogP contribution in [0, 0.1) is 0 Å². The SMILES string of the molecule is CC.COc1cccc(OC)c1OC. The van der Waals surface area contributed by atoms with E-state index in [1.165, 1.54) is 0 Å². The molecule has 1 aromatic rings. The Balaban J connectivity index is 0.000000791. The molecule has 0 bridgehead atoms. The van der Waals surface area contributed by atoms with Crippen LogP contribution < -0.4 is 14.2 Å². The maximum atomic E-state index is 5.11. The van der Waals surface area contributed by atoms with E-state index in [0.717, 1.165) is 0 Å². The second-order valence-corrected chi connectivity index (χ2v) is 2.20. The number of hydrogen-bond donors (Lipinski definition) is 0. The predicted molar refractivity (Wildman–Crippen MR) is 57.4 cm³/mol. The van der Waals surface area contributed by atoms with Gasteiger partial charge in [0.1, 0.15) is 0 Å². The molecule has 0 spiro atoms. The van der Waals surface area contributed by atoms with Crippen molar-refractivity contribution in [1.29, 1.82) is 0 Å². The summed E-state index contributed by atoms with van der Waals surface area (Å²) in [5, 5.41) is 0. The summed E-state index contributed by atoms with van der Waals surface area (Å²) in [5.41, 5.74) is 0. The molecular weight excluding hydrogens is 180 g/mol. The summed E-state index contributed by atoms with van der Waals surface area (Å²) in [6.45, 7) is 4.00. The van der Waals surface area contributed by atoms with Crippen LogP contribution in [0.1, 0.15) is 13.8 Å². The molecule has 0 radical (unpaired) electrons. The van der Waals surface area contributed by atoms with Crippen molar-refractivity contribution in [3.8, 4) is 17.2 Å².